The predicted molar refractivity (Wildman–Crippen MR) is 58.8 cm³/mol. The molecule has 90 valence electrons. The zero-order valence-corrected chi connectivity index (χ0v) is 10.1. The van der Waals surface area contributed by atoms with E-state index in [1.807, 2.05) is 6.92 Å². The van der Waals surface area contributed by atoms with Crippen molar-refractivity contribution in [2.24, 2.45) is 7.05 Å². The second-order valence-electron chi connectivity index (χ2n) is 4.85. The molecule has 0 radical (unpaired) electrons. The fourth-order valence-corrected chi connectivity index (χ4v) is 2.38. The number of hydrogen-bond acceptors (Lipinski definition) is 4. The highest BCUT2D eigenvalue weighted by Crippen LogP contribution is 2.40. The van der Waals surface area contributed by atoms with Gasteiger partial charge < -0.3 is 9.84 Å². The first kappa shape index (κ1) is 11.5. The van der Waals surface area contributed by atoms with Crippen LogP contribution >= 0.6 is 0 Å². The summed E-state index contributed by atoms with van der Waals surface area (Å²) in [4.78, 5) is 0. The third-order valence-electron chi connectivity index (χ3n) is 3.57. The molecule has 2 heterocycles. The molecule has 5 heteroatoms. The number of ether oxygens (including phenoxy) is 1. The minimum atomic E-state index is -0.860. The molecule has 16 heavy (non-hydrogen) atoms. The van der Waals surface area contributed by atoms with E-state index < -0.39 is 5.60 Å². The summed E-state index contributed by atoms with van der Waals surface area (Å²) in [5, 5.41) is 18.4. The van der Waals surface area contributed by atoms with Crippen LogP contribution in [0.25, 0.3) is 0 Å². The molecule has 1 fully saturated rings. The van der Waals surface area contributed by atoms with E-state index in [-0.39, 0.29) is 5.60 Å². The Morgan fingerprint density at radius 2 is 2.38 bits per heavy atom. The molecule has 0 aromatic carbocycles. The van der Waals surface area contributed by atoms with E-state index in [4.69, 9.17) is 4.74 Å². The molecule has 2 rings (SSSR count). The molecule has 1 aliphatic heterocycles. The third kappa shape index (κ3) is 1.85. The van der Waals surface area contributed by atoms with E-state index >= 15 is 0 Å². The number of nitrogens with zero attached hydrogens (tertiary/aromatic N) is 3. The molecule has 1 aliphatic rings. The van der Waals surface area contributed by atoms with Gasteiger partial charge in [0.05, 0.1) is 24.1 Å². The van der Waals surface area contributed by atoms with E-state index in [1.54, 1.807) is 17.9 Å². The fourth-order valence-electron chi connectivity index (χ4n) is 2.38. The van der Waals surface area contributed by atoms with Crippen LogP contribution in [0.5, 0.6) is 0 Å². The monoisotopic (exact) mass is 225 g/mol. The SMILES string of the molecule is CCC1(C)CC(O)(c2cnnn2C)CCO1. The summed E-state index contributed by atoms with van der Waals surface area (Å²) < 4.78 is 7.38. The highest BCUT2D eigenvalue weighted by Gasteiger charge is 2.44. The Kier molecular flexibility index (Phi) is 2.75. The zero-order valence-electron chi connectivity index (χ0n) is 10.1. The van der Waals surface area contributed by atoms with E-state index in [1.165, 1.54) is 0 Å². The summed E-state index contributed by atoms with van der Waals surface area (Å²) in [6.45, 7) is 4.69. The largest absolute Gasteiger partial charge is 0.383 e. The summed E-state index contributed by atoms with van der Waals surface area (Å²) in [7, 11) is 1.80. The minimum absolute atomic E-state index is 0.253. The van der Waals surface area contributed by atoms with Gasteiger partial charge in [0.25, 0.3) is 0 Å². The van der Waals surface area contributed by atoms with Gasteiger partial charge in [0.15, 0.2) is 0 Å². The Labute approximate surface area is 95.4 Å². The van der Waals surface area contributed by atoms with Gasteiger partial charge in [0, 0.05) is 19.9 Å². The van der Waals surface area contributed by atoms with Crippen LogP contribution in [0.3, 0.4) is 0 Å². The van der Waals surface area contributed by atoms with E-state index in [9.17, 15) is 5.11 Å². The van der Waals surface area contributed by atoms with Crippen molar-refractivity contribution in [2.45, 2.75) is 44.3 Å². The van der Waals surface area contributed by atoms with Gasteiger partial charge in [-0.1, -0.05) is 12.1 Å². The molecule has 2 unspecified atom stereocenters. The third-order valence-corrected chi connectivity index (χ3v) is 3.57. The highest BCUT2D eigenvalue weighted by molar-refractivity contribution is 5.11. The summed E-state index contributed by atoms with van der Waals surface area (Å²) in [6.07, 6.45) is 3.73. The number of aromatic nitrogens is 3. The predicted octanol–water partition coefficient (Wildman–Crippen LogP) is 0.982. The summed E-state index contributed by atoms with van der Waals surface area (Å²) >= 11 is 0. The Balaban J connectivity index is 2.29. The van der Waals surface area contributed by atoms with E-state index in [0.29, 0.717) is 19.4 Å². The molecule has 0 aliphatic carbocycles. The quantitative estimate of drug-likeness (QED) is 0.815. The molecule has 1 saturated heterocycles. The van der Waals surface area contributed by atoms with Gasteiger partial charge in [-0.3, -0.25) is 0 Å². The number of aliphatic hydroxyl groups is 1. The molecule has 0 amide bonds. The van der Waals surface area contributed by atoms with E-state index in [0.717, 1.165) is 12.1 Å². The molecule has 1 aromatic heterocycles. The lowest BCUT2D eigenvalue weighted by Crippen LogP contribution is -2.46. The van der Waals surface area contributed by atoms with Crippen LogP contribution in [-0.4, -0.2) is 32.3 Å². The first-order chi connectivity index (χ1) is 7.49. The van der Waals surface area contributed by atoms with Gasteiger partial charge in [0.1, 0.15) is 5.60 Å². The fraction of sp³-hybridized carbons (Fsp3) is 0.818. The van der Waals surface area contributed by atoms with Gasteiger partial charge in [0.2, 0.25) is 0 Å². The normalized spacial score (nSPS) is 35.2. The average molecular weight is 225 g/mol. The highest BCUT2D eigenvalue weighted by atomic mass is 16.5. The number of aryl methyl sites for hydroxylation is 1. The molecule has 5 nitrogen and oxygen atoms in total. The van der Waals surface area contributed by atoms with Crippen molar-refractivity contribution in [1.29, 1.82) is 0 Å². The lowest BCUT2D eigenvalue weighted by atomic mass is 9.80. The standard InChI is InChI=1S/C11H19N3O2/c1-4-10(2)8-11(15,5-6-16-10)9-7-12-13-14(9)3/h7,15H,4-6,8H2,1-3H3. The van der Waals surface area contributed by atoms with Crippen molar-refractivity contribution in [3.05, 3.63) is 11.9 Å². The molecular weight excluding hydrogens is 206 g/mol. The van der Waals surface area contributed by atoms with Crippen molar-refractivity contribution in [2.75, 3.05) is 6.61 Å². The van der Waals surface area contributed by atoms with Crippen molar-refractivity contribution in [1.82, 2.24) is 15.0 Å². The van der Waals surface area contributed by atoms with Gasteiger partial charge >= 0.3 is 0 Å². The topological polar surface area (TPSA) is 60.2 Å². The average Bonchev–Trinajstić information content (AvgIpc) is 2.65. The Hall–Kier alpha value is -0.940. The van der Waals surface area contributed by atoms with Crippen LogP contribution in [0, 0.1) is 0 Å². The Morgan fingerprint density at radius 1 is 1.62 bits per heavy atom. The molecule has 0 bridgehead atoms. The van der Waals surface area contributed by atoms with Gasteiger partial charge in [-0.05, 0) is 13.3 Å². The molecule has 1 N–H and O–H groups in total. The summed E-state index contributed by atoms with van der Waals surface area (Å²) in [5.41, 5.74) is -0.339. The van der Waals surface area contributed by atoms with Crippen molar-refractivity contribution in [3.63, 3.8) is 0 Å². The first-order valence-electron chi connectivity index (χ1n) is 5.71. The van der Waals surface area contributed by atoms with Crippen molar-refractivity contribution < 1.29 is 9.84 Å². The number of hydrogen-bond donors (Lipinski definition) is 1. The molecule has 0 spiro atoms. The van der Waals surface area contributed by atoms with Gasteiger partial charge in [-0.25, -0.2) is 4.68 Å². The maximum atomic E-state index is 10.7. The van der Waals surface area contributed by atoms with Crippen LogP contribution in [0.4, 0.5) is 0 Å². The second kappa shape index (κ2) is 3.82. The lowest BCUT2D eigenvalue weighted by Gasteiger charge is -2.42. The Bertz CT molecular complexity index is 379. The van der Waals surface area contributed by atoms with Crippen LogP contribution in [0.15, 0.2) is 6.20 Å². The summed E-state index contributed by atoms with van der Waals surface area (Å²) in [6, 6.07) is 0. The molecule has 2 atom stereocenters. The zero-order chi connectivity index (χ0) is 11.8. The Morgan fingerprint density at radius 3 is 2.94 bits per heavy atom. The van der Waals surface area contributed by atoms with Crippen LogP contribution in [-0.2, 0) is 17.4 Å². The van der Waals surface area contributed by atoms with Crippen LogP contribution in [0.1, 0.15) is 38.8 Å². The lowest BCUT2D eigenvalue weighted by molar-refractivity contribution is -0.160. The maximum absolute atomic E-state index is 10.7. The van der Waals surface area contributed by atoms with Crippen molar-refractivity contribution in [3.8, 4) is 0 Å². The smallest absolute Gasteiger partial charge is 0.113 e. The summed E-state index contributed by atoms with van der Waals surface area (Å²) in [5.74, 6) is 0. The van der Waals surface area contributed by atoms with Crippen molar-refractivity contribution >= 4 is 0 Å². The van der Waals surface area contributed by atoms with E-state index in [2.05, 4.69) is 17.2 Å². The maximum Gasteiger partial charge on any atom is 0.113 e. The van der Waals surface area contributed by atoms with Gasteiger partial charge in [-0.2, -0.15) is 0 Å². The van der Waals surface area contributed by atoms with Gasteiger partial charge in [-0.15, -0.1) is 5.10 Å². The minimum Gasteiger partial charge on any atom is -0.383 e. The first-order valence-corrected chi connectivity index (χ1v) is 5.71. The molecular formula is C11H19N3O2. The molecule has 1 aromatic rings. The number of rotatable bonds is 2. The van der Waals surface area contributed by atoms with Crippen LogP contribution in [0.2, 0.25) is 0 Å². The molecule has 0 saturated carbocycles. The second-order valence-corrected chi connectivity index (χ2v) is 4.85. The van der Waals surface area contributed by atoms with Crippen LogP contribution < -0.4 is 0 Å².